The summed E-state index contributed by atoms with van der Waals surface area (Å²) >= 11 is 1.68. The minimum Gasteiger partial charge on any atom is -0.312 e. The van der Waals surface area contributed by atoms with E-state index in [0.717, 1.165) is 47.5 Å². The van der Waals surface area contributed by atoms with Crippen LogP contribution in [0.4, 0.5) is 5.69 Å². The number of hydrogen-bond acceptors (Lipinski definition) is 4. The van der Waals surface area contributed by atoms with Crippen LogP contribution in [0.2, 0.25) is 0 Å². The first kappa shape index (κ1) is 18.1. The van der Waals surface area contributed by atoms with E-state index in [0.29, 0.717) is 12.0 Å². The zero-order valence-electron chi connectivity index (χ0n) is 15.2. The van der Waals surface area contributed by atoms with Crippen molar-refractivity contribution in [1.29, 1.82) is 0 Å². The standard InChI is InChI=1S/C21H22N2O3S/c1-27-18-4-2-3-17(12-18)23-10-9-21(20(23)25)8-7-14-11-15(19(24)22-26)5-6-16(14)13-21/h2-6,11-12,26H,7-10,13H2,1H3,(H,22,24)/t21-/m0/s1. The largest absolute Gasteiger partial charge is 0.312 e. The summed E-state index contributed by atoms with van der Waals surface area (Å²) < 4.78 is 0. The average molecular weight is 382 g/mol. The fourth-order valence-electron chi connectivity index (χ4n) is 4.31. The molecule has 27 heavy (non-hydrogen) atoms. The van der Waals surface area contributed by atoms with Crippen LogP contribution in [0, 0.1) is 5.41 Å². The van der Waals surface area contributed by atoms with Crippen LogP contribution < -0.4 is 10.4 Å². The Labute approximate surface area is 162 Å². The maximum Gasteiger partial charge on any atom is 0.274 e. The molecular weight excluding hydrogens is 360 g/mol. The zero-order valence-corrected chi connectivity index (χ0v) is 16.0. The van der Waals surface area contributed by atoms with Gasteiger partial charge in [0.05, 0.1) is 5.41 Å². The van der Waals surface area contributed by atoms with E-state index in [1.165, 1.54) is 0 Å². The van der Waals surface area contributed by atoms with E-state index in [1.54, 1.807) is 23.3 Å². The highest BCUT2D eigenvalue weighted by Gasteiger charge is 2.48. The lowest BCUT2D eigenvalue weighted by molar-refractivity contribution is -0.126. The van der Waals surface area contributed by atoms with Gasteiger partial charge in [-0.3, -0.25) is 14.8 Å². The minimum absolute atomic E-state index is 0.212. The van der Waals surface area contributed by atoms with Gasteiger partial charge in [-0.05, 0) is 73.4 Å². The molecule has 0 saturated carbocycles. The molecule has 1 heterocycles. The average Bonchev–Trinajstić information content (AvgIpc) is 3.02. The number of benzene rings is 2. The summed E-state index contributed by atoms with van der Waals surface area (Å²) in [5, 5.41) is 8.82. The first-order valence-electron chi connectivity index (χ1n) is 9.08. The van der Waals surface area contributed by atoms with Crippen molar-refractivity contribution in [3.05, 3.63) is 59.2 Å². The minimum atomic E-state index is -0.505. The Bertz CT molecular complexity index is 914. The molecule has 1 aliphatic heterocycles. The van der Waals surface area contributed by atoms with Crippen LogP contribution in [0.25, 0.3) is 0 Å². The molecule has 1 saturated heterocycles. The Morgan fingerprint density at radius 1 is 1.19 bits per heavy atom. The van der Waals surface area contributed by atoms with Gasteiger partial charge in [-0.1, -0.05) is 12.1 Å². The number of aryl methyl sites for hydroxylation is 1. The van der Waals surface area contributed by atoms with Crippen LogP contribution in [0.3, 0.4) is 0 Å². The summed E-state index contributed by atoms with van der Waals surface area (Å²) in [4.78, 5) is 28.1. The number of fused-ring (bicyclic) bond motifs is 1. The van der Waals surface area contributed by atoms with Crippen LogP contribution >= 0.6 is 11.8 Å². The highest BCUT2D eigenvalue weighted by atomic mass is 32.2. The number of carbonyl (C=O) groups is 2. The lowest BCUT2D eigenvalue weighted by Gasteiger charge is -2.33. The van der Waals surface area contributed by atoms with Crippen LogP contribution in [0.15, 0.2) is 47.4 Å². The second-order valence-corrected chi connectivity index (χ2v) is 8.17. The Kier molecular flexibility index (Phi) is 4.70. The Balaban J connectivity index is 1.59. The molecule has 2 amide bonds. The third-order valence-corrected chi connectivity index (χ3v) is 6.57. The summed E-state index contributed by atoms with van der Waals surface area (Å²) in [7, 11) is 0. The molecule has 0 bridgehead atoms. The highest BCUT2D eigenvalue weighted by Crippen LogP contribution is 2.45. The van der Waals surface area contributed by atoms with Gasteiger partial charge in [0, 0.05) is 22.7 Å². The Hall–Kier alpha value is -2.31. The monoisotopic (exact) mass is 382 g/mol. The number of rotatable bonds is 3. The smallest absolute Gasteiger partial charge is 0.274 e. The zero-order chi connectivity index (χ0) is 19.0. The lowest BCUT2D eigenvalue weighted by Crippen LogP contribution is -2.38. The molecule has 5 nitrogen and oxygen atoms in total. The first-order chi connectivity index (χ1) is 13.1. The SMILES string of the molecule is CSc1cccc(N2CC[C@]3(CCc4cc(C(=O)NO)ccc4C3)C2=O)c1. The second kappa shape index (κ2) is 7.02. The van der Waals surface area contributed by atoms with E-state index in [4.69, 9.17) is 5.21 Å². The summed E-state index contributed by atoms with van der Waals surface area (Å²) in [6, 6.07) is 13.6. The molecule has 1 spiro atoms. The summed E-state index contributed by atoms with van der Waals surface area (Å²) in [6.07, 6.45) is 5.17. The number of amides is 2. The van der Waals surface area contributed by atoms with Crippen LogP contribution in [0.5, 0.6) is 0 Å². The molecule has 0 radical (unpaired) electrons. The summed E-state index contributed by atoms with van der Waals surface area (Å²) in [5.74, 6) is -0.293. The molecule has 1 aliphatic carbocycles. The molecule has 2 aromatic rings. The number of thioether (sulfide) groups is 1. The van der Waals surface area contributed by atoms with E-state index >= 15 is 0 Å². The summed E-state index contributed by atoms with van der Waals surface area (Å²) in [6.45, 7) is 0.747. The van der Waals surface area contributed by atoms with Crippen molar-refractivity contribution in [1.82, 2.24) is 5.48 Å². The molecule has 1 atom stereocenters. The van der Waals surface area contributed by atoms with Crippen molar-refractivity contribution >= 4 is 29.3 Å². The number of nitrogens with one attached hydrogen (secondary N) is 1. The van der Waals surface area contributed by atoms with Gasteiger partial charge in [0.15, 0.2) is 0 Å². The predicted octanol–water partition coefficient (Wildman–Crippen LogP) is 3.44. The number of anilines is 1. The van der Waals surface area contributed by atoms with E-state index in [9.17, 15) is 9.59 Å². The fraction of sp³-hybridized carbons (Fsp3) is 0.333. The maximum absolute atomic E-state index is 13.3. The van der Waals surface area contributed by atoms with Crippen molar-refractivity contribution in [3.8, 4) is 0 Å². The Morgan fingerprint density at radius 2 is 2.04 bits per heavy atom. The molecule has 2 aromatic carbocycles. The first-order valence-corrected chi connectivity index (χ1v) is 10.3. The number of nitrogens with zero attached hydrogens (tertiary/aromatic N) is 1. The van der Waals surface area contributed by atoms with Gasteiger partial charge in [-0.25, -0.2) is 5.48 Å². The van der Waals surface area contributed by atoms with Crippen molar-refractivity contribution in [2.75, 3.05) is 17.7 Å². The fourth-order valence-corrected chi connectivity index (χ4v) is 4.76. The third kappa shape index (κ3) is 3.13. The molecule has 140 valence electrons. The van der Waals surface area contributed by atoms with Gasteiger partial charge in [-0.2, -0.15) is 0 Å². The van der Waals surface area contributed by atoms with E-state index in [2.05, 4.69) is 12.1 Å². The quantitative estimate of drug-likeness (QED) is 0.485. The van der Waals surface area contributed by atoms with Gasteiger partial charge in [0.1, 0.15) is 0 Å². The maximum atomic E-state index is 13.3. The molecule has 0 aromatic heterocycles. The third-order valence-electron chi connectivity index (χ3n) is 5.85. The van der Waals surface area contributed by atoms with Gasteiger partial charge in [0.25, 0.3) is 5.91 Å². The van der Waals surface area contributed by atoms with Crippen LogP contribution in [-0.4, -0.2) is 29.8 Å². The van der Waals surface area contributed by atoms with Crippen molar-refractivity contribution in [2.24, 2.45) is 5.41 Å². The number of carbonyl (C=O) groups excluding carboxylic acids is 2. The van der Waals surface area contributed by atoms with E-state index in [-0.39, 0.29) is 11.3 Å². The van der Waals surface area contributed by atoms with Gasteiger partial charge >= 0.3 is 0 Å². The summed E-state index contributed by atoms with van der Waals surface area (Å²) in [5.41, 5.74) is 4.98. The molecule has 1 fully saturated rings. The molecule has 4 rings (SSSR count). The van der Waals surface area contributed by atoms with Crippen molar-refractivity contribution in [3.63, 3.8) is 0 Å². The van der Waals surface area contributed by atoms with Crippen LogP contribution in [-0.2, 0) is 17.6 Å². The van der Waals surface area contributed by atoms with Crippen molar-refractivity contribution in [2.45, 2.75) is 30.6 Å². The van der Waals surface area contributed by atoms with Gasteiger partial charge < -0.3 is 4.90 Å². The molecule has 2 N–H and O–H groups in total. The molecule has 2 aliphatic rings. The van der Waals surface area contributed by atoms with Gasteiger partial charge in [-0.15, -0.1) is 11.8 Å². The topological polar surface area (TPSA) is 69.6 Å². The van der Waals surface area contributed by atoms with Gasteiger partial charge in [0.2, 0.25) is 5.91 Å². The lowest BCUT2D eigenvalue weighted by atomic mass is 9.70. The van der Waals surface area contributed by atoms with E-state index < -0.39 is 5.91 Å². The number of hydroxylamine groups is 1. The number of hydrogen-bond donors (Lipinski definition) is 2. The molecular formula is C21H22N2O3S. The second-order valence-electron chi connectivity index (χ2n) is 7.29. The highest BCUT2D eigenvalue weighted by molar-refractivity contribution is 7.98. The van der Waals surface area contributed by atoms with E-state index in [1.807, 2.05) is 35.4 Å². The van der Waals surface area contributed by atoms with Crippen molar-refractivity contribution < 1.29 is 14.8 Å². The molecule has 0 unspecified atom stereocenters. The molecule has 6 heteroatoms. The predicted molar refractivity (Wildman–Crippen MR) is 105 cm³/mol. The Morgan fingerprint density at radius 3 is 2.81 bits per heavy atom. The normalized spacial score (nSPS) is 21.4. The van der Waals surface area contributed by atoms with Crippen LogP contribution in [0.1, 0.15) is 34.3 Å².